The summed E-state index contributed by atoms with van der Waals surface area (Å²) in [6.45, 7) is 1.33. The molecule has 1 aliphatic heterocycles. The van der Waals surface area contributed by atoms with Gasteiger partial charge in [0, 0.05) is 12.4 Å². The molecule has 6 heteroatoms. The van der Waals surface area contributed by atoms with Crippen molar-refractivity contribution in [2.75, 3.05) is 6.61 Å². The normalized spacial score (nSPS) is 21.5. The molecule has 0 N–H and O–H groups in total. The molecule has 1 unspecified atom stereocenters. The monoisotopic (exact) mass is 472 g/mol. The Labute approximate surface area is 205 Å². The Morgan fingerprint density at radius 2 is 1.26 bits per heavy atom. The molecule has 0 amide bonds. The first-order chi connectivity index (χ1) is 17.3. The van der Waals surface area contributed by atoms with E-state index < -0.39 is 18.4 Å². The molecule has 3 aromatic carbocycles. The fraction of sp³-hybridized carbons (Fsp3) is 0.276. The zero-order chi connectivity index (χ0) is 23.9. The van der Waals surface area contributed by atoms with E-state index in [9.17, 15) is 0 Å². The van der Waals surface area contributed by atoms with Crippen molar-refractivity contribution in [2.45, 2.75) is 44.2 Å². The van der Waals surface area contributed by atoms with Crippen molar-refractivity contribution < 1.29 is 18.6 Å². The van der Waals surface area contributed by atoms with Gasteiger partial charge in [-0.05, 0) is 16.7 Å². The van der Waals surface area contributed by atoms with Crippen molar-refractivity contribution >= 4 is 0 Å². The predicted molar refractivity (Wildman–Crippen MR) is 131 cm³/mol. The first-order valence-corrected chi connectivity index (χ1v) is 11.9. The van der Waals surface area contributed by atoms with Crippen molar-refractivity contribution in [3.63, 3.8) is 0 Å². The third-order valence-corrected chi connectivity index (χ3v) is 6.25. The Morgan fingerprint density at radius 1 is 0.714 bits per heavy atom. The van der Waals surface area contributed by atoms with Gasteiger partial charge in [-0.1, -0.05) is 91.0 Å². The van der Waals surface area contributed by atoms with Crippen LogP contribution < -0.4 is 0 Å². The average molecular weight is 473 g/mol. The number of hydrogen-bond donors (Lipinski definition) is 0. The first kappa shape index (κ1) is 23.4. The summed E-state index contributed by atoms with van der Waals surface area (Å²) >= 11 is 0. The highest BCUT2D eigenvalue weighted by Gasteiger charge is 2.45. The summed E-state index contributed by atoms with van der Waals surface area (Å²) in [6.07, 6.45) is 0.549. The Bertz CT molecular complexity index is 1170. The number of benzene rings is 3. The lowest BCUT2D eigenvalue weighted by Gasteiger charge is -2.39. The van der Waals surface area contributed by atoms with Crippen LogP contribution in [0.2, 0.25) is 0 Å². The molecular weight excluding hydrogens is 443 g/mol. The van der Waals surface area contributed by atoms with Crippen LogP contribution in [0.15, 0.2) is 103 Å². The lowest BCUT2D eigenvalue weighted by atomic mass is 9.96. The summed E-state index contributed by atoms with van der Waals surface area (Å²) in [7, 11) is 0. The number of fused-ring (bicyclic) bond motifs is 1. The van der Waals surface area contributed by atoms with Crippen LogP contribution >= 0.6 is 0 Å². The molecule has 0 bridgehead atoms. The van der Waals surface area contributed by atoms with Gasteiger partial charge >= 0.3 is 0 Å². The van der Waals surface area contributed by atoms with Gasteiger partial charge in [0.1, 0.15) is 18.0 Å². The second-order valence-electron chi connectivity index (χ2n) is 8.68. The summed E-state index contributed by atoms with van der Waals surface area (Å²) in [5.41, 5.74) is 3.03. The summed E-state index contributed by atoms with van der Waals surface area (Å²) in [4.78, 5) is 4.46. The molecule has 0 spiro atoms. The zero-order valence-electron chi connectivity index (χ0n) is 19.4. The minimum absolute atomic E-state index is 0.291. The van der Waals surface area contributed by atoms with Gasteiger partial charge in [0.25, 0.3) is 0 Å². The first-order valence-electron chi connectivity index (χ1n) is 11.9. The number of aromatic nitrogens is 2. The largest absolute Gasteiger partial charge is 0.375 e. The van der Waals surface area contributed by atoms with Gasteiger partial charge in [0.05, 0.1) is 32.5 Å². The lowest BCUT2D eigenvalue weighted by Crippen LogP contribution is -2.46. The highest BCUT2D eigenvalue weighted by molar-refractivity contribution is 5.17. The molecule has 35 heavy (non-hydrogen) atoms. The number of hydrogen-bond acceptors (Lipinski definition) is 4. The maximum Gasteiger partial charge on any atom is 0.162 e. The maximum absolute atomic E-state index is 16.1. The van der Waals surface area contributed by atoms with Crippen LogP contribution in [-0.4, -0.2) is 28.4 Å². The SMILES string of the molecule is F[C@@H]1C(OCc2ccccc2)c2nccn2[C@H](COCc2ccccc2)[C@H]1OCc1ccccc1. The van der Waals surface area contributed by atoms with Crippen LogP contribution in [0, 0.1) is 0 Å². The standard InChI is InChI=1S/C29H29FN2O3/c30-26-27(34-19-23-12-6-2-7-13-23)25(21-33-18-22-10-4-1-5-11-22)32-17-16-31-29(32)28(26)35-20-24-14-8-3-9-15-24/h1-17,25-28H,18-21H2/t25-,26+,27-,28?/m1/s1. The number of halogens is 1. The van der Waals surface area contributed by atoms with E-state index in [1.54, 1.807) is 6.20 Å². The number of rotatable bonds is 10. The molecule has 4 aromatic rings. The summed E-state index contributed by atoms with van der Waals surface area (Å²) < 4.78 is 36.4. The van der Waals surface area contributed by atoms with Crippen LogP contribution in [0.25, 0.3) is 0 Å². The Hall–Kier alpha value is -3.32. The van der Waals surface area contributed by atoms with Crippen molar-refractivity contribution in [3.05, 3.63) is 126 Å². The van der Waals surface area contributed by atoms with Crippen LogP contribution in [-0.2, 0) is 34.0 Å². The highest BCUT2D eigenvalue weighted by Crippen LogP contribution is 2.39. The fourth-order valence-electron chi connectivity index (χ4n) is 4.45. The molecule has 2 heterocycles. The number of alkyl halides is 1. The molecule has 0 saturated carbocycles. The molecule has 4 atom stereocenters. The van der Waals surface area contributed by atoms with Crippen LogP contribution in [0.3, 0.4) is 0 Å². The zero-order valence-corrected chi connectivity index (χ0v) is 19.4. The van der Waals surface area contributed by atoms with Crippen LogP contribution in [0.4, 0.5) is 4.39 Å². The number of imidazole rings is 1. The minimum atomic E-state index is -1.40. The quantitative estimate of drug-likeness (QED) is 0.291. The molecule has 1 aliphatic rings. The maximum atomic E-state index is 16.1. The van der Waals surface area contributed by atoms with E-state index in [1.807, 2.05) is 102 Å². The van der Waals surface area contributed by atoms with E-state index in [0.29, 0.717) is 32.3 Å². The summed E-state index contributed by atoms with van der Waals surface area (Å²) in [5, 5.41) is 0. The minimum Gasteiger partial charge on any atom is -0.375 e. The Balaban J connectivity index is 1.35. The molecular formula is C29H29FN2O3. The molecule has 0 radical (unpaired) electrons. The summed E-state index contributed by atoms with van der Waals surface area (Å²) in [5.74, 6) is 0.557. The average Bonchev–Trinajstić information content (AvgIpc) is 3.39. The van der Waals surface area contributed by atoms with Gasteiger partial charge in [-0.2, -0.15) is 0 Å². The second kappa shape index (κ2) is 11.4. The molecule has 0 saturated heterocycles. The molecule has 0 aliphatic carbocycles. The van der Waals surface area contributed by atoms with Crippen LogP contribution in [0.1, 0.15) is 34.7 Å². The third kappa shape index (κ3) is 5.68. The van der Waals surface area contributed by atoms with Gasteiger partial charge in [-0.3, -0.25) is 0 Å². The highest BCUT2D eigenvalue weighted by atomic mass is 19.1. The van der Waals surface area contributed by atoms with Gasteiger partial charge in [0.2, 0.25) is 0 Å². The predicted octanol–water partition coefficient (Wildman–Crippen LogP) is 5.84. The Morgan fingerprint density at radius 3 is 1.86 bits per heavy atom. The van der Waals surface area contributed by atoms with E-state index in [2.05, 4.69) is 4.98 Å². The second-order valence-corrected chi connectivity index (χ2v) is 8.68. The smallest absolute Gasteiger partial charge is 0.162 e. The van der Waals surface area contributed by atoms with Crippen molar-refractivity contribution in [2.24, 2.45) is 0 Å². The van der Waals surface area contributed by atoms with E-state index >= 15 is 4.39 Å². The van der Waals surface area contributed by atoms with Crippen molar-refractivity contribution in [1.29, 1.82) is 0 Å². The van der Waals surface area contributed by atoms with Gasteiger partial charge < -0.3 is 18.8 Å². The van der Waals surface area contributed by atoms with E-state index in [0.717, 1.165) is 16.7 Å². The van der Waals surface area contributed by atoms with Gasteiger partial charge in [-0.25, -0.2) is 9.37 Å². The summed E-state index contributed by atoms with van der Waals surface area (Å²) in [6, 6.07) is 29.1. The number of ether oxygens (including phenoxy) is 3. The van der Waals surface area contributed by atoms with E-state index in [-0.39, 0.29) is 6.04 Å². The van der Waals surface area contributed by atoms with Crippen LogP contribution in [0.5, 0.6) is 0 Å². The van der Waals surface area contributed by atoms with Crippen molar-refractivity contribution in [1.82, 2.24) is 9.55 Å². The molecule has 180 valence electrons. The van der Waals surface area contributed by atoms with Crippen molar-refractivity contribution in [3.8, 4) is 0 Å². The lowest BCUT2D eigenvalue weighted by molar-refractivity contribution is -0.137. The third-order valence-electron chi connectivity index (χ3n) is 6.25. The van der Waals surface area contributed by atoms with Gasteiger partial charge in [0.15, 0.2) is 6.17 Å². The Kier molecular flexibility index (Phi) is 7.63. The number of nitrogens with zero attached hydrogens (tertiary/aromatic N) is 2. The van der Waals surface area contributed by atoms with E-state index in [1.165, 1.54) is 0 Å². The molecule has 5 nitrogen and oxygen atoms in total. The topological polar surface area (TPSA) is 45.5 Å². The molecule has 5 rings (SSSR count). The molecule has 0 fully saturated rings. The molecule has 1 aromatic heterocycles. The fourth-order valence-corrected chi connectivity index (χ4v) is 4.45. The van der Waals surface area contributed by atoms with E-state index in [4.69, 9.17) is 14.2 Å². The van der Waals surface area contributed by atoms with Gasteiger partial charge in [-0.15, -0.1) is 0 Å².